The lowest BCUT2D eigenvalue weighted by molar-refractivity contribution is -0.116. The van der Waals surface area contributed by atoms with Gasteiger partial charge in [-0.2, -0.15) is 4.31 Å². The Hall–Kier alpha value is -2.30. The van der Waals surface area contributed by atoms with Gasteiger partial charge in [-0.25, -0.2) is 8.42 Å². The molecular weight excluding hydrogens is 500 g/mol. The molecule has 32 heavy (non-hydrogen) atoms. The molecule has 0 unspecified atom stereocenters. The minimum atomic E-state index is -3.67. The second kappa shape index (κ2) is 11.5. The van der Waals surface area contributed by atoms with Gasteiger partial charge in [0.15, 0.2) is 11.5 Å². The molecule has 0 bridgehead atoms. The van der Waals surface area contributed by atoms with Crippen LogP contribution < -0.4 is 19.5 Å². The Kier molecular flexibility index (Phi) is 9.35. The molecule has 10 heteroatoms. The van der Waals surface area contributed by atoms with Crippen LogP contribution in [0.15, 0.2) is 39.7 Å². The van der Waals surface area contributed by atoms with Crippen LogP contribution >= 0.6 is 15.9 Å². The number of hydrogen-bond acceptors (Lipinski definition) is 6. The molecule has 176 valence electrons. The van der Waals surface area contributed by atoms with Crippen molar-refractivity contribution in [1.82, 2.24) is 4.31 Å². The highest BCUT2D eigenvalue weighted by Gasteiger charge is 2.23. The predicted octanol–water partition coefficient (Wildman–Crippen LogP) is 4.08. The van der Waals surface area contributed by atoms with Crippen molar-refractivity contribution in [2.45, 2.75) is 31.6 Å². The minimum absolute atomic E-state index is 0.0972. The van der Waals surface area contributed by atoms with E-state index in [2.05, 4.69) is 21.2 Å². The molecule has 0 aliphatic rings. The molecular formula is C22H29BrN2O6S. The Morgan fingerprint density at radius 3 is 2.12 bits per heavy atom. The number of hydrogen-bond donors (Lipinski definition) is 1. The Balaban J connectivity index is 2.21. The van der Waals surface area contributed by atoms with Crippen molar-refractivity contribution in [3.8, 4) is 17.2 Å². The van der Waals surface area contributed by atoms with Gasteiger partial charge in [0.05, 0.1) is 31.9 Å². The maximum Gasteiger partial charge on any atom is 0.243 e. The summed E-state index contributed by atoms with van der Waals surface area (Å²) in [7, 11) is 0.902. The molecule has 0 radical (unpaired) electrons. The summed E-state index contributed by atoms with van der Waals surface area (Å²) < 4.78 is 43.7. The topological polar surface area (TPSA) is 94.2 Å². The number of benzene rings is 2. The summed E-state index contributed by atoms with van der Waals surface area (Å²) in [6.07, 6.45) is 0.608. The fraction of sp³-hybridized carbons (Fsp3) is 0.409. The third-order valence-corrected chi connectivity index (χ3v) is 7.75. The van der Waals surface area contributed by atoms with Crippen LogP contribution in [0.2, 0.25) is 0 Å². The lowest BCUT2D eigenvalue weighted by atomic mass is 10.1. The molecule has 0 heterocycles. The van der Waals surface area contributed by atoms with Crippen LogP contribution in [0.3, 0.4) is 0 Å². The molecule has 1 N–H and O–H groups in total. The number of aryl methyl sites for hydroxylation is 1. The number of methoxy groups -OCH3 is 3. The number of nitrogens with zero attached hydrogens (tertiary/aromatic N) is 1. The van der Waals surface area contributed by atoms with E-state index in [0.29, 0.717) is 42.4 Å². The number of anilines is 1. The quantitative estimate of drug-likeness (QED) is 0.472. The van der Waals surface area contributed by atoms with Crippen LogP contribution in [0, 0.1) is 0 Å². The zero-order valence-electron chi connectivity index (χ0n) is 18.9. The summed E-state index contributed by atoms with van der Waals surface area (Å²) in [5, 5.41) is 2.77. The highest BCUT2D eigenvalue weighted by molar-refractivity contribution is 9.10. The van der Waals surface area contributed by atoms with Crippen LogP contribution in [0.1, 0.15) is 25.8 Å². The lowest BCUT2D eigenvalue weighted by Gasteiger charge is -2.19. The van der Waals surface area contributed by atoms with Crippen LogP contribution in [0.5, 0.6) is 17.2 Å². The molecule has 0 fully saturated rings. The van der Waals surface area contributed by atoms with Gasteiger partial charge >= 0.3 is 0 Å². The SMILES string of the molecule is CCN(CC)S(=O)(=O)c1ccc(OC)c(NC(=O)CCc2cc(OC)c(OC)cc2Br)c1. The van der Waals surface area contributed by atoms with E-state index in [1.54, 1.807) is 34.1 Å². The van der Waals surface area contributed by atoms with Gasteiger partial charge in [-0.15, -0.1) is 0 Å². The smallest absolute Gasteiger partial charge is 0.243 e. The average molecular weight is 529 g/mol. The number of sulfonamides is 1. The zero-order valence-corrected chi connectivity index (χ0v) is 21.3. The highest BCUT2D eigenvalue weighted by Crippen LogP contribution is 2.34. The monoisotopic (exact) mass is 528 g/mol. The van der Waals surface area contributed by atoms with Crippen LogP contribution in [-0.2, 0) is 21.2 Å². The van der Waals surface area contributed by atoms with E-state index in [-0.39, 0.29) is 17.2 Å². The Morgan fingerprint density at radius 1 is 0.969 bits per heavy atom. The van der Waals surface area contributed by atoms with Crippen molar-refractivity contribution >= 4 is 37.5 Å². The van der Waals surface area contributed by atoms with E-state index in [1.165, 1.54) is 29.6 Å². The van der Waals surface area contributed by atoms with Gasteiger partial charge in [0, 0.05) is 24.0 Å². The largest absolute Gasteiger partial charge is 0.495 e. The molecule has 0 saturated heterocycles. The highest BCUT2D eigenvalue weighted by atomic mass is 79.9. The number of carbonyl (C=O) groups is 1. The van der Waals surface area contributed by atoms with Crippen molar-refractivity contribution in [2.75, 3.05) is 39.7 Å². The van der Waals surface area contributed by atoms with Crippen molar-refractivity contribution < 1.29 is 27.4 Å². The van der Waals surface area contributed by atoms with Gasteiger partial charge in [-0.05, 0) is 42.3 Å². The number of rotatable bonds is 11. The molecule has 0 spiro atoms. The van der Waals surface area contributed by atoms with Gasteiger partial charge in [0.25, 0.3) is 0 Å². The molecule has 0 aromatic heterocycles. The van der Waals surface area contributed by atoms with Crippen LogP contribution in [0.4, 0.5) is 5.69 Å². The van der Waals surface area contributed by atoms with E-state index in [4.69, 9.17) is 14.2 Å². The third-order valence-electron chi connectivity index (χ3n) is 4.96. The number of halogens is 1. The Morgan fingerprint density at radius 2 is 1.56 bits per heavy atom. The van der Waals surface area contributed by atoms with Crippen molar-refractivity contribution in [1.29, 1.82) is 0 Å². The van der Waals surface area contributed by atoms with Gasteiger partial charge in [-0.1, -0.05) is 29.8 Å². The molecule has 0 saturated carbocycles. The van der Waals surface area contributed by atoms with Crippen LogP contribution in [0.25, 0.3) is 0 Å². The summed E-state index contributed by atoms with van der Waals surface area (Å²) in [6.45, 7) is 4.26. The summed E-state index contributed by atoms with van der Waals surface area (Å²) >= 11 is 3.49. The van der Waals surface area contributed by atoms with Gasteiger partial charge < -0.3 is 19.5 Å². The summed E-state index contributed by atoms with van der Waals surface area (Å²) in [6, 6.07) is 8.04. The van der Waals surface area contributed by atoms with Crippen molar-refractivity contribution in [3.05, 3.63) is 40.4 Å². The van der Waals surface area contributed by atoms with E-state index >= 15 is 0 Å². The lowest BCUT2D eigenvalue weighted by Crippen LogP contribution is -2.30. The average Bonchev–Trinajstić information content (AvgIpc) is 2.78. The first-order valence-corrected chi connectivity index (χ1v) is 12.3. The number of ether oxygens (including phenoxy) is 3. The molecule has 1 amide bonds. The first-order valence-electron chi connectivity index (χ1n) is 10.1. The van der Waals surface area contributed by atoms with Crippen molar-refractivity contribution in [3.63, 3.8) is 0 Å². The third kappa shape index (κ3) is 5.93. The second-order valence-electron chi connectivity index (χ2n) is 6.80. The second-order valence-corrected chi connectivity index (χ2v) is 9.59. The molecule has 0 atom stereocenters. The van der Waals surface area contributed by atoms with Crippen LogP contribution in [-0.4, -0.2) is 53.0 Å². The Labute approximate surface area is 198 Å². The maximum atomic E-state index is 12.8. The molecule has 8 nitrogen and oxygen atoms in total. The van der Waals surface area contributed by atoms with Crippen molar-refractivity contribution in [2.24, 2.45) is 0 Å². The molecule has 2 aromatic rings. The predicted molar refractivity (Wildman–Crippen MR) is 127 cm³/mol. The Bertz CT molecular complexity index is 1050. The van der Waals surface area contributed by atoms with E-state index < -0.39 is 10.0 Å². The first kappa shape index (κ1) is 26.0. The normalized spacial score (nSPS) is 11.3. The summed E-state index contributed by atoms with van der Waals surface area (Å²) in [4.78, 5) is 12.7. The standard InChI is InChI=1S/C22H29BrN2O6S/c1-6-25(7-2)32(27,28)16-9-10-19(29-3)18(13-16)24-22(26)11-8-15-12-20(30-4)21(31-5)14-17(15)23/h9-10,12-14H,6-8,11H2,1-5H3,(H,24,26). The van der Waals surface area contributed by atoms with E-state index in [9.17, 15) is 13.2 Å². The fourth-order valence-corrected chi connectivity index (χ4v) is 5.21. The molecule has 2 rings (SSSR count). The number of carbonyl (C=O) groups excluding carboxylic acids is 1. The number of nitrogens with one attached hydrogen (secondary N) is 1. The van der Waals surface area contributed by atoms with Gasteiger partial charge in [0.1, 0.15) is 5.75 Å². The van der Waals surface area contributed by atoms with E-state index in [1.807, 2.05) is 6.07 Å². The summed E-state index contributed by atoms with van der Waals surface area (Å²) in [5.74, 6) is 1.26. The fourth-order valence-electron chi connectivity index (χ4n) is 3.21. The molecule has 2 aromatic carbocycles. The van der Waals surface area contributed by atoms with Gasteiger partial charge in [-0.3, -0.25) is 4.79 Å². The maximum absolute atomic E-state index is 12.8. The zero-order chi connectivity index (χ0) is 23.9. The van der Waals surface area contributed by atoms with E-state index in [0.717, 1.165) is 10.0 Å². The van der Waals surface area contributed by atoms with Gasteiger partial charge in [0.2, 0.25) is 15.9 Å². The minimum Gasteiger partial charge on any atom is -0.495 e. The number of amides is 1. The molecule has 0 aliphatic carbocycles. The summed E-state index contributed by atoms with van der Waals surface area (Å²) in [5.41, 5.74) is 1.18. The molecule has 0 aliphatic heterocycles. The first-order chi connectivity index (χ1) is 15.2.